The Labute approximate surface area is 453 Å². The molecule has 0 fully saturated rings. The van der Waals surface area contributed by atoms with Crippen molar-refractivity contribution in [1.82, 2.24) is 0 Å². The molecule has 12 aromatic carbocycles. The van der Waals surface area contributed by atoms with Gasteiger partial charge < -0.3 is 4.90 Å². The Morgan fingerprint density at radius 1 is 0.273 bits per heavy atom. The molecule has 0 atom stereocenters. The zero-order valence-electron chi connectivity index (χ0n) is 42.8. The predicted octanol–water partition coefficient (Wildman–Crippen LogP) is 13.6. The van der Waals surface area contributed by atoms with Crippen molar-refractivity contribution in [3.8, 4) is 44.5 Å². The zero-order chi connectivity index (χ0) is 51.1. The van der Waals surface area contributed by atoms with Gasteiger partial charge in [-0.1, -0.05) is 273 Å². The summed E-state index contributed by atoms with van der Waals surface area (Å²) in [6.45, 7) is 2.57. The van der Waals surface area contributed by atoms with Crippen LogP contribution < -0.4 is 41.2 Å². The van der Waals surface area contributed by atoms with E-state index in [2.05, 4.69) is 315 Å². The second-order valence-corrected chi connectivity index (χ2v) is 28.8. The van der Waals surface area contributed by atoms with E-state index >= 15 is 0 Å². The van der Waals surface area contributed by atoms with Crippen molar-refractivity contribution in [1.29, 1.82) is 0 Å². The van der Waals surface area contributed by atoms with E-state index in [0.29, 0.717) is 0 Å². The van der Waals surface area contributed by atoms with Gasteiger partial charge in [-0.15, -0.1) is 0 Å². The molecule has 0 saturated carbocycles. The quantitative estimate of drug-likeness (QED) is 0.130. The minimum absolute atomic E-state index is 0.575. The Morgan fingerprint density at radius 3 is 1.31 bits per heavy atom. The Kier molecular flexibility index (Phi) is 10.4. The first-order valence-corrected chi connectivity index (χ1v) is 31.5. The van der Waals surface area contributed by atoms with Gasteiger partial charge in [-0.25, -0.2) is 0 Å². The average molecular weight is 1010 g/mol. The number of anilines is 3. The van der Waals surface area contributed by atoms with Crippen molar-refractivity contribution >= 4 is 69.5 Å². The third-order valence-electron chi connectivity index (χ3n) is 17.5. The summed E-state index contributed by atoms with van der Waals surface area (Å²) in [5, 5.41) is 9.93. The van der Waals surface area contributed by atoms with Crippen LogP contribution in [0.2, 0.25) is 6.55 Å². The third-order valence-corrected chi connectivity index (χ3v) is 26.8. The molecule has 77 heavy (non-hydrogen) atoms. The molecule has 0 N–H and O–H groups in total. The fraction of sp³-hybridized carbons (Fsp3) is 0.0270. The van der Waals surface area contributed by atoms with Crippen molar-refractivity contribution in [3.05, 3.63) is 326 Å². The first kappa shape index (κ1) is 45.3. The average Bonchev–Trinajstić information content (AvgIpc) is 4.25. The van der Waals surface area contributed by atoms with Gasteiger partial charge in [0.1, 0.15) is 8.07 Å². The summed E-state index contributed by atoms with van der Waals surface area (Å²) < 4.78 is 0. The van der Waals surface area contributed by atoms with Crippen LogP contribution in [0.3, 0.4) is 0 Å². The molecule has 2 heterocycles. The van der Waals surface area contributed by atoms with E-state index < -0.39 is 21.6 Å². The van der Waals surface area contributed by atoms with Crippen molar-refractivity contribution in [2.45, 2.75) is 12.0 Å². The minimum atomic E-state index is -2.98. The maximum absolute atomic E-state index is 2.98. The van der Waals surface area contributed by atoms with Gasteiger partial charge in [0.05, 0.1) is 5.41 Å². The van der Waals surface area contributed by atoms with Gasteiger partial charge in [-0.2, -0.15) is 0 Å². The monoisotopic (exact) mass is 1010 g/mol. The van der Waals surface area contributed by atoms with Crippen LogP contribution in [0.5, 0.6) is 0 Å². The molecule has 0 aromatic heterocycles. The molecule has 0 amide bonds. The van der Waals surface area contributed by atoms with E-state index in [1.54, 1.807) is 0 Å². The molecule has 0 spiro atoms. The highest BCUT2D eigenvalue weighted by Gasteiger charge is 2.50. The first-order chi connectivity index (χ1) is 38.1. The van der Waals surface area contributed by atoms with Crippen molar-refractivity contribution in [2.24, 2.45) is 0 Å². The maximum Gasteiger partial charge on any atom is 0.180 e. The van der Waals surface area contributed by atoms with Crippen molar-refractivity contribution in [2.75, 3.05) is 4.90 Å². The summed E-state index contributed by atoms with van der Waals surface area (Å²) in [6.07, 6.45) is 0. The van der Waals surface area contributed by atoms with E-state index in [0.717, 1.165) is 17.1 Å². The summed E-state index contributed by atoms with van der Waals surface area (Å²) in [4.78, 5) is 2.60. The molecule has 362 valence electrons. The second kappa shape index (κ2) is 17.7. The smallest absolute Gasteiger partial charge is 0.180 e. The van der Waals surface area contributed by atoms with Gasteiger partial charge in [0.15, 0.2) is 8.07 Å². The predicted molar refractivity (Wildman–Crippen MR) is 329 cm³/mol. The van der Waals surface area contributed by atoms with Crippen molar-refractivity contribution < 1.29 is 0 Å². The lowest BCUT2D eigenvalue weighted by Gasteiger charge is -2.36. The van der Waals surface area contributed by atoms with E-state index in [4.69, 9.17) is 0 Å². The first-order valence-electron chi connectivity index (χ1n) is 27.0. The minimum Gasteiger partial charge on any atom is -0.310 e. The van der Waals surface area contributed by atoms with Gasteiger partial charge in [0.2, 0.25) is 0 Å². The molecule has 0 unspecified atom stereocenters. The summed E-state index contributed by atoms with van der Waals surface area (Å²) in [6, 6.07) is 115. The molecule has 1 nitrogen and oxygen atoms in total. The number of fused-ring (bicyclic) bond motifs is 9. The molecule has 0 saturated heterocycles. The molecule has 3 heteroatoms. The lowest BCUT2D eigenvalue weighted by Crippen LogP contribution is -2.72. The SMILES string of the molecule is C[Si]1(c2cccc(N(c3cc(-c4ccccc4)cc([Si]4(c5ccccc5)c5ccccc5-c5ccccc54)c3)c3ccc4c(c3)C(c3ccccc3)(c3ccccc3)c3ccccc3-4)c2)c2ccccc2-c2ccccc21. The molecule has 15 rings (SSSR count). The van der Waals surface area contributed by atoms with Gasteiger partial charge in [-0.3, -0.25) is 0 Å². The standard InChI is InChI=1S/C74H53NSi2/c1-76(70-41-20-15-36-64(70)65-37-16-21-42-71(65)76)60-34-24-31-56(49-60)75(57-45-46-63-62-35-14-19-40-68(62)74(69(63)51-57,54-27-8-3-9-28-54)55-29-10-4-11-30-55)58-47-53(52-25-6-2-7-26-52)48-61(50-58)77(59-32-12-5-13-33-59)72-43-22-17-38-66(72)67-39-18-23-44-73(67)77/h2-51H,1H3. The topological polar surface area (TPSA) is 3.24 Å². The number of benzene rings is 12. The van der Waals surface area contributed by atoms with Crippen LogP contribution in [-0.2, 0) is 5.41 Å². The van der Waals surface area contributed by atoms with Crippen LogP contribution in [0, 0.1) is 0 Å². The van der Waals surface area contributed by atoms with Crippen LogP contribution in [-0.4, -0.2) is 16.1 Å². The van der Waals surface area contributed by atoms with E-state index in [1.165, 1.54) is 103 Å². The zero-order valence-corrected chi connectivity index (χ0v) is 44.8. The lowest BCUT2D eigenvalue weighted by molar-refractivity contribution is 0.768. The molecular weight excluding hydrogens is 959 g/mol. The molecule has 3 aliphatic rings. The second-order valence-electron chi connectivity index (χ2n) is 21.2. The molecule has 0 bridgehead atoms. The number of rotatable bonds is 9. The highest BCUT2D eigenvalue weighted by Crippen LogP contribution is 2.57. The van der Waals surface area contributed by atoms with Crippen LogP contribution in [0.25, 0.3) is 44.5 Å². The summed E-state index contributed by atoms with van der Waals surface area (Å²) >= 11 is 0. The van der Waals surface area contributed by atoms with Gasteiger partial charge in [-0.05, 0) is 139 Å². The largest absolute Gasteiger partial charge is 0.310 e. The Bertz CT molecular complexity index is 4110. The van der Waals surface area contributed by atoms with Crippen LogP contribution >= 0.6 is 0 Å². The normalized spacial score (nSPS) is 14.4. The molecular formula is C74H53NSi2. The van der Waals surface area contributed by atoms with Crippen molar-refractivity contribution in [3.63, 3.8) is 0 Å². The summed E-state index contributed by atoms with van der Waals surface area (Å²) in [5.41, 5.74) is 18.2. The van der Waals surface area contributed by atoms with E-state index in [1.807, 2.05) is 0 Å². The Balaban J connectivity index is 1.05. The van der Waals surface area contributed by atoms with Gasteiger partial charge in [0.25, 0.3) is 0 Å². The maximum atomic E-state index is 2.60. The number of hydrogen-bond donors (Lipinski definition) is 0. The van der Waals surface area contributed by atoms with Crippen LogP contribution in [0.15, 0.2) is 303 Å². The number of hydrogen-bond acceptors (Lipinski definition) is 1. The Morgan fingerprint density at radius 2 is 0.714 bits per heavy atom. The molecule has 12 aromatic rings. The Hall–Kier alpha value is -9.13. The van der Waals surface area contributed by atoms with E-state index in [9.17, 15) is 0 Å². The highest BCUT2D eigenvalue weighted by molar-refractivity contribution is 7.22. The van der Waals surface area contributed by atoms with Gasteiger partial charge >= 0.3 is 0 Å². The van der Waals surface area contributed by atoms with Crippen LogP contribution in [0.1, 0.15) is 22.3 Å². The highest BCUT2D eigenvalue weighted by atomic mass is 28.3. The van der Waals surface area contributed by atoms with Crippen LogP contribution in [0.4, 0.5) is 17.1 Å². The summed E-state index contributed by atoms with van der Waals surface area (Å²) in [7, 11) is -5.49. The fourth-order valence-corrected chi connectivity index (χ4v) is 23.6. The molecule has 2 aliphatic heterocycles. The molecule has 0 radical (unpaired) electrons. The van der Waals surface area contributed by atoms with Gasteiger partial charge in [0, 0.05) is 17.1 Å². The summed E-state index contributed by atoms with van der Waals surface area (Å²) in [5.74, 6) is 0. The fourth-order valence-electron chi connectivity index (χ4n) is 14.2. The lowest BCUT2D eigenvalue weighted by atomic mass is 9.67. The third kappa shape index (κ3) is 6.58. The number of nitrogens with zero attached hydrogens (tertiary/aromatic N) is 1. The molecule has 1 aliphatic carbocycles. The van der Waals surface area contributed by atoms with E-state index in [-0.39, 0.29) is 0 Å².